The summed E-state index contributed by atoms with van der Waals surface area (Å²) in [6.45, 7) is 6.94. The molecule has 1 aliphatic carbocycles. The van der Waals surface area contributed by atoms with Crippen LogP contribution < -0.4 is 0 Å². The predicted octanol–water partition coefficient (Wildman–Crippen LogP) is 4.48. The maximum Gasteiger partial charge on any atom is -0.0136 e. The minimum atomic E-state index is 0.863. The van der Waals surface area contributed by atoms with Gasteiger partial charge in [0.1, 0.15) is 0 Å². The summed E-state index contributed by atoms with van der Waals surface area (Å²) in [4.78, 5) is 0. The normalized spacial score (nSPS) is 25.3. The van der Waals surface area contributed by atoms with Crippen LogP contribution in [0, 0.1) is 5.92 Å². The van der Waals surface area contributed by atoms with Crippen molar-refractivity contribution in [3.8, 4) is 0 Å². The second-order valence-corrected chi connectivity index (χ2v) is 4.29. The van der Waals surface area contributed by atoms with E-state index in [1.54, 1.807) is 11.1 Å². The zero-order valence-corrected chi connectivity index (χ0v) is 9.27. The van der Waals surface area contributed by atoms with Crippen LogP contribution in [-0.2, 0) is 0 Å². The van der Waals surface area contributed by atoms with Crippen molar-refractivity contribution in [2.45, 2.75) is 52.9 Å². The Hall–Kier alpha value is -0.520. The number of hydrogen-bond acceptors (Lipinski definition) is 0. The van der Waals surface area contributed by atoms with E-state index in [1.807, 2.05) is 0 Å². The highest BCUT2D eigenvalue weighted by Gasteiger charge is 2.05. The van der Waals surface area contributed by atoms with Crippen LogP contribution in [0.1, 0.15) is 52.9 Å². The molecule has 0 amide bonds. The Morgan fingerprint density at radius 2 is 2.15 bits per heavy atom. The van der Waals surface area contributed by atoms with Gasteiger partial charge in [0.15, 0.2) is 0 Å². The largest absolute Gasteiger partial charge is 0.0880 e. The summed E-state index contributed by atoms with van der Waals surface area (Å²) in [6, 6.07) is 0. The van der Waals surface area contributed by atoms with Crippen LogP contribution >= 0.6 is 0 Å². The summed E-state index contributed by atoms with van der Waals surface area (Å²) in [6.07, 6.45) is 11.1. The molecule has 1 rings (SSSR count). The third-order valence-electron chi connectivity index (χ3n) is 3.11. The summed E-state index contributed by atoms with van der Waals surface area (Å²) < 4.78 is 0. The highest BCUT2D eigenvalue weighted by molar-refractivity contribution is 5.16. The number of rotatable bonds is 1. The Bertz CT molecular complexity index is 208. The first kappa shape index (κ1) is 10.6. The van der Waals surface area contributed by atoms with Gasteiger partial charge in [0.2, 0.25) is 0 Å². The Morgan fingerprint density at radius 3 is 2.85 bits per heavy atom. The maximum absolute atomic E-state index is 2.36. The SMILES string of the molecule is CCC1=C(C)CCC(C)CC=CC1. The molecule has 0 bridgehead atoms. The van der Waals surface area contributed by atoms with Gasteiger partial charge >= 0.3 is 0 Å². The van der Waals surface area contributed by atoms with E-state index in [0.717, 1.165) is 5.92 Å². The van der Waals surface area contributed by atoms with E-state index in [4.69, 9.17) is 0 Å². The van der Waals surface area contributed by atoms with Gasteiger partial charge < -0.3 is 0 Å². The molecule has 1 aliphatic rings. The van der Waals surface area contributed by atoms with Crippen LogP contribution in [0.25, 0.3) is 0 Å². The molecule has 0 heteroatoms. The van der Waals surface area contributed by atoms with E-state index < -0.39 is 0 Å². The molecule has 0 aliphatic heterocycles. The van der Waals surface area contributed by atoms with Crippen molar-refractivity contribution in [1.29, 1.82) is 0 Å². The zero-order valence-electron chi connectivity index (χ0n) is 9.27. The summed E-state index contributed by atoms with van der Waals surface area (Å²) in [5.41, 5.74) is 3.30. The van der Waals surface area contributed by atoms with Crippen molar-refractivity contribution in [2.24, 2.45) is 5.92 Å². The second kappa shape index (κ2) is 5.26. The molecule has 0 saturated carbocycles. The van der Waals surface area contributed by atoms with Crippen LogP contribution in [0.5, 0.6) is 0 Å². The van der Waals surface area contributed by atoms with Crippen molar-refractivity contribution in [3.05, 3.63) is 23.3 Å². The van der Waals surface area contributed by atoms with Crippen LogP contribution in [-0.4, -0.2) is 0 Å². The third-order valence-corrected chi connectivity index (χ3v) is 3.11. The third kappa shape index (κ3) is 3.38. The van der Waals surface area contributed by atoms with E-state index in [2.05, 4.69) is 32.9 Å². The fourth-order valence-electron chi connectivity index (χ4n) is 1.93. The highest BCUT2D eigenvalue weighted by Crippen LogP contribution is 2.23. The van der Waals surface area contributed by atoms with Gasteiger partial charge in [0, 0.05) is 0 Å². The summed E-state index contributed by atoms with van der Waals surface area (Å²) in [5.74, 6) is 0.863. The van der Waals surface area contributed by atoms with Gasteiger partial charge in [-0.2, -0.15) is 0 Å². The van der Waals surface area contributed by atoms with Crippen LogP contribution in [0.2, 0.25) is 0 Å². The Balaban J connectivity index is 2.68. The Kier molecular flexibility index (Phi) is 4.27. The molecule has 1 atom stereocenters. The smallest absolute Gasteiger partial charge is 0.0136 e. The van der Waals surface area contributed by atoms with Gasteiger partial charge in [-0.15, -0.1) is 0 Å². The molecule has 0 spiro atoms. The van der Waals surface area contributed by atoms with Crippen molar-refractivity contribution in [3.63, 3.8) is 0 Å². The zero-order chi connectivity index (χ0) is 9.68. The van der Waals surface area contributed by atoms with Crippen molar-refractivity contribution < 1.29 is 0 Å². The molecule has 13 heavy (non-hydrogen) atoms. The lowest BCUT2D eigenvalue weighted by Crippen LogP contribution is -1.93. The average Bonchev–Trinajstić information content (AvgIpc) is 2.20. The van der Waals surface area contributed by atoms with Crippen LogP contribution in [0.4, 0.5) is 0 Å². The van der Waals surface area contributed by atoms with E-state index in [1.165, 1.54) is 32.1 Å². The van der Waals surface area contributed by atoms with E-state index in [0.29, 0.717) is 0 Å². The van der Waals surface area contributed by atoms with E-state index in [9.17, 15) is 0 Å². The van der Waals surface area contributed by atoms with E-state index in [-0.39, 0.29) is 0 Å². The van der Waals surface area contributed by atoms with Gasteiger partial charge in [-0.1, -0.05) is 37.1 Å². The van der Waals surface area contributed by atoms with Crippen molar-refractivity contribution in [1.82, 2.24) is 0 Å². The molecule has 0 saturated heterocycles. The fourth-order valence-corrected chi connectivity index (χ4v) is 1.93. The summed E-state index contributed by atoms with van der Waals surface area (Å²) in [7, 11) is 0. The lowest BCUT2D eigenvalue weighted by Gasteiger charge is -2.10. The highest BCUT2D eigenvalue weighted by atomic mass is 14.1. The molecular formula is C13H22. The molecule has 0 fully saturated rings. The van der Waals surface area contributed by atoms with Gasteiger partial charge in [0.25, 0.3) is 0 Å². The predicted molar refractivity (Wildman–Crippen MR) is 59.8 cm³/mol. The lowest BCUT2D eigenvalue weighted by atomic mass is 9.96. The Morgan fingerprint density at radius 1 is 1.38 bits per heavy atom. The molecule has 0 aromatic rings. The molecule has 74 valence electrons. The first-order chi connectivity index (χ1) is 6.24. The minimum Gasteiger partial charge on any atom is -0.0880 e. The van der Waals surface area contributed by atoms with Gasteiger partial charge in [-0.25, -0.2) is 0 Å². The fraction of sp³-hybridized carbons (Fsp3) is 0.692. The number of allylic oxidation sites excluding steroid dienone is 4. The van der Waals surface area contributed by atoms with Crippen LogP contribution in [0.15, 0.2) is 23.3 Å². The molecule has 0 aromatic heterocycles. The van der Waals surface area contributed by atoms with Crippen molar-refractivity contribution in [2.75, 3.05) is 0 Å². The lowest BCUT2D eigenvalue weighted by molar-refractivity contribution is 0.539. The molecule has 0 N–H and O–H groups in total. The number of hydrogen-bond donors (Lipinski definition) is 0. The molecular weight excluding hydrogens is 156 g/mol. The van der Waals surface area contributed by atoms with E-state index >= 15 is 0 Å². The standard InChI is InChI=1S/C13H22/c1-4-13-8-6-5-7-11(2)9-10-12(13)3/h5-6,11H,4,7-10H2,1-3H3. The molecule has 1 unspecified atom stereocenters. The van der Waals surface area contributed by atoms with Gasteiger partial charge in [-0.05, 0) is 44.9 Å². The maximum atomic E-state index is 2.36. The minimum absolute atomic E-state index is 0.863. The van der Waals surface area contributed by atoms with Gasteiger partial charge in [0.05, 0.1) is 0 Å². The van der Waals surface area contributed by atoms with Gasteiger partial charge in [-0.3, -0.25) is 0 Å². The average molecular weight is 178 g/mol. The topological polar surface area (TPSA) is 0 Å². The van der Waals surface area contributed by atoms with Crippen LogP contribution in [0.3, 0.4) is 0 Å². The Labute approximate surface area is 82.7 Å². The first-order valence-electron chi connectivity index (χ1n) is 5.56. The molecule has 0 heterocycles. The summed E-state index contributed by atoms with van der Waals surface area (Å²) in [5, 5.41) is 0. The second-order valence-electron chi connectivity index (χ2n) is 4.29. The van der Waals surface area contributed by atoms with Crippen molar-refractivity contribution >= 4 is 0 Å². The molecule has 0 radical (unpaired) electrons. The monoisotopic (exact) mass is 178 g/mol. The summed E-state index contributed by atoms with van der Waals surface area (Å²) >= 11 is 0. The quantitative estimate of drug-likeness (QED) is 0.519. The molecule has 0 nitrogen and oxygen atoms in total. The molecule has 0 aromatic carbocycles. The first-order valence-corrected chi connectivity index (χ1v) is 5.56.